The summed E-state index contributed by atoms with van der Waals surface area (Å²) < 4.78 is 13.5. The lowest BCUT2D eigenvalue weighted by molar-refractivity contribution is 0.389. The summed E-state index contributed by atoms with van der Waals surface area (Å²) in [5.74, 6) is 0.529. The average molecular weight is 264 g/mol. The molecule has 1 fully saturated rings. The van der Waals surface area contributed by atoms with Crippen LogP contribution >= 0.6 is 0 Å². The molecule has 2 N–H and O–H groups in total. The molecule has 0 saturated carbocycles. The topological polar surface area (TPSA) is 29.3 Å². The molecule has 3 unspecified atom stereocenters. The molecule has 2 nitrogen and oxygen atoms in total. The molecule has 0 spiro atoms. The Morgan fingerprint density at radius 2 is 2.11 bits per heavy atom. The third-order valence-electron chi connectivity index (χ3n) is 4.01. The minimum Gasteiger partial charge on any atom is -0.368 e. The molecule has 1 aromatic carbocycles. The number of nitrogens with two attached hydrogens (primary N) is 1. The molecule has 1 heterocycles. The second-order valence-corrected chi connectivity index (χ2v) is 6.14. The van der Waals surface area contributed by atoms with E-state index in [4.69, 9.17) is 5.73 Å². The first-order chi connectivity index (χ1) is 8.97. The monoisotopic (exact) mass is 264 g/mol. The molecule has 3 heteroatoms. The molecule has 1 aliphatic rings. The Morgan fingerprint density at radius 1 is 1.37 bits per heavy atom. The van der Waals surface area contributed by atoms with Crippen LogP contribution in [0, 0.1) is 11.7 Å². The smallest absolute Gasteiger partial charge is 0.123 e. The number of halogens is 1. The van der Waals surface area contributed by atoms with E-state index >= 15 is 0 Å². The normalized spacial score (nSPS) is 25.4. The number of hydrogen-bond donors (Lipinski definition) is 1. The van der Waals surface area contributed by atoms with Crippen molar-refractivity contribution in [2.45, 2.75) is 52.1 Å². The second kappa shape index (κ2) is 5.91. The van der Waals surface area contributed by atoms with Crippen LogP contribution in [0.3, 0.4) is 0 Å². The third kappa shape index (κ3) is 3.47. The molecular formula is C16H25FN2. The van der Waals surface area contributed by atoms with Gasteiger partial charge in [-0.3, -0.25) is 0 Å². The van der Waals surface area contributed by atoms with E-state index in [2.05, 4.69) is 18.7 Å². The molecule has 19 heavy (non-hydrogen) atoms. The minimum atomic E-state index is -0.169. The van der Waals surface area contributed by atoms with Crippen molar-refractivity contribution in [1.29, 1.82) is 0 Å². The van der Waals surface area contributed by atoms with Crippen LogP contribution in [-0.4, -0.2) is 18.6 Å². The van der Waals surface area contributed by atoms with Gasteiger partial charge in [0.25, 0.3) is 0 Å². The first-order valence-electron chi connectivity index (χ1n) is 7.28. The van der Waals surface area contributed by atoms with Gasteiger partial charge >= 0.3 is 0 Å². The van der Waals surface area contributed by atoms with Crippen molar-refractivity contribution in [3.63, 3.8) is 0 Å². The molecule has 1 aromatic rings. The van der Waals surface area contributed by atoms with E-state index in [1.807, 2.05) is 13.0 Å². The lowest BCUT2D eigenvalue weighted by atomic mass is 9.93. The van der Waals surface area contributed by atoms with E-state index in [9.17, 15) is 4.39 Å². The van der Waals surface area contributed by atoms with Gasteiger partial charge in [0.15, 0.2) is 0 Å². The lowest BCUT2D eigenvalue weighted by Gasteiger charge is -2.39. The molecule has 0 aliphatic carbocycles. The van der Waals surface area contributed by atoms with Gasteiger partial charge in [0.2, 0.25) is 0 Å². The number of nitrogens with zero attached hydrogens (tertiary/aromatic N) is 1. The molecule has 0 radical (unpaired) electrons. The highest BCUT2D eigenvalue weighted by atomic mass is 19.1. The van der Waals surface area contributed by atoms with Gasteiger partial charge in [0, 0.05) is 24.3 Å². The fraction of sp³-hybridized carbons (Fsp3) is 0.625. The van der Waals surface area contributed by atoms with Crippen LogP contribution in [0.15, 0.2) is 18.2 Å². The van der Waals surface area contributed by atoms with Crippen molar-refractivity contribution in [2.24, 2.45) is 11.7 Å². The Labute approximate surface area is 115 Å². The van der Waals surface area contributed by atoms with E-state index < -0.39 is 0 Å². The number of anilines is 1. The highest BCUT2D eigenvalue weighted by molar-refractivity contribution is 5.55. The predicted octanol–water partition coefficient (Wildman–Crippen LogP) is 3.34. The number of hydrogen-bond acceptors (Lipinski definition) is 2. The van der Waals surface area contributed by atoms with Gasteiger partial charge in [-0.25, -0.2) is 4.39 Å². The van der Waals surface area contributed by atoms with Crippen LogP contribution in [-0.2, 0) is 6.42 Å². The zero-order chi connectivity index (χ0) is 14.0. The number of benzene rings is 1. The van der Waals surface area contributed by atoms with Crippen LogP contribution in [0.4, 0.5) is 10.1 Å². The third-order valence-corrected chi connectivity index (χ3v) is 4.01. The summed E-state index contributed by atoms with van der Waals surface area (Å²) in [5.41, 5.74) is 8.10. The maximum Gasteiger partial charge on any atom is 0.123 e. The molecule has 0 aromatic heterocycles. The summed E-state index contributed by atoms with van der Waals surface area (Å²) in [5, 5.41) is 0. The first-order valence-corrected chi connectivity index (χ1v) is 7.28. The average Bonchev–Trinajstić information content (AvgIpc) is 2.32. The van der Waals surface area contributed by atoms with E-state index in [0.29, 0.717) is 12.0 Å². The minimum absolute atomic E-state index is 0.0538. The summed E-state index contributed by atoms with van der Waals surface area (Å²) in [6, 6.07) is 5.70. The SMILES string of the molecule is CC(N)Cc1cc(F)ccc1N1CC(C)CCC1C. The van der Waals surface area contributed by atoms with E-state index in [1.165, 1.54) is 12.8 Å². The van der Waals surface area contributed by atoms with Crippen LogP contribution in [0.5, 0.6) is 0 Å². The van der Waals surface area contributed by atoms with Crippen molar-refractivity contribution in [1.82, 2.24) is 0 Å². The van der Waals surface area contributed by atoms with Crippen molar-refractivity contribution < 1.29 is 4.39 Å². The largest absolute Gasteiger partial charge is 0.368 e. The van der Waals surface area contributed by atoms with E-state index in [-0.39, 0.29) is 11.9 Å². The summed E-state index contributed by atoms with van der Waals surface area (Å²) in [7, 11) is 0. The van der Waals surface area contributed by atoms with Crippen LogP contribution < -0.4 is 10.6 Å². The fourth-order valence-electron chi connectivity index (χ4n) is 2.97. The molecule has 106 valence electrons. The van der Waals surface area contributed by atoms with Gasteiger partial charge in [-0.05, 0) is 62.8 Å². The van der Waals surface area contributed by atoms with E-state index in [1.54, 1.807) is 12.1 Å². The molecule has 0 amide bonds. The molecule has 0 bridgehead atoms. The molecule has 1 aliphatic heterocycles. The van der Waals surface area contributed by atoms with Gasteiger partial charge < -0.3 is 10.6 Å². The predicted molar refractivity (Wildman–Crippen MR) is 79.0 cm³/mol. The molecular weight excluding hydrogens is 239 g/mol. The summed E-state index contributed by atoms with van der Waals surface area (Å²) in [6.07, 6.45) is 3.21. The van der Waals surface area contributed by atoms with Gasteiger partial charge in [0.1, 0.15) is 5.82 Å². The van der Waals surface area contributed by atoms with Crippen LogP contribution in [0.1, 0.15) is 39.2 Å². The zero-order valence-electron chi connectivity index (χ0n) is 12.2. The van der Waals surface area contributed by atoms with Crippen LogP contribution in [0.25, 0.3) is 0 Å². The highest BCUT2D eigenvalue weighted by Gasteiger charge is 2.25. The van der Waals surface area contributed by atoms with Crippen molar-refractivity contribution >= 4 is 5.69 Å². The zero-order valence-corrected chi connectivity index (χ0v) is 12.2. The van der Waals surface area contributed by atoms with Gasteiger partial charge in [-0.2, -0.15) is 0 Å². The fourth-order valence-corrected chi connectivity index (χ4v) is 2.97. The Morgan fingerprint density at radius 3 is 2.79 bits per heavy atom. The molecule has 1 saturated heterocycles. The molecule has 3 atom stereocenters. The maximum absolute atomic E-state index is 13.5. The quantitative estimate of drug-likeness (QED) is 0.907. The maximum atomic E-state index is 13.5. The standard InChI is InChI=1S/C16H25FN2/c1-11-4-5-13(3)19(10-11)16-7-6-15(17)9-14(16)8-12(2)18/h6-7,9,11-13H,4-5,8,10,18H2,1-3H3. The van der Waals surface area contributed by atoms with Crippen molar-refractivity contribution in [3.8, 4) is 0 Å². The highest BCUT2D eigenvalue weighted by Crippen LogP contribution is 2.31. The Kier molecular flexibility index (Phi) is 4.46. The lowest BCUT2D eigenvalue weighted by Crippen LogP contribution is -2.41. The first kappa shape index (κ1) is 14.3. The van der Waals surface area contributed by atoms with Crippen LogP contribution in [0.2, 0.25) is 0 Å². The summed E-state index contributed by atoms with van der Waals surface area (Å²) in [4.78, 5) is 2.42. The van der Waals surface area contributed by atoms with Gasteiger partial charge in [-0.15, -0.1) is 0 Å². The van der Waals surface area contributed by atoms with Gasteiger partial charge in [0.05, 0.1) is 0 Å². The summed E-state index contributed by atoms with van der Waals surface area (Å²) in [6.45, 7) is 7.56. The number of rotatable bonds is 3. The Balaban J connectivity index is 2.31. The molecule has 2 rings (SSSR count). The second-order valence-electron chi connectivity index (χ2n) is 6.14. The van der Waals surface area contributed by atoms with Crippen molar-refractivity contribution in [3.05, 3.63) is 29.6 Å². The van der Waals surface area contributed by atoms with Gasteiger partial charge in [-0.1, -0.05) is 6.92 Å². The number of piperidine rings is 1. The Hall–Kier alpha value is -1.09. The van der Waals surface area contributed by atoms with E-state index in [0.717, 1.165) is 24.2 Å². The summed E-state index contributed by atoms with van der Waals surface area (Å²) >= 11 is 0. The Bertz CT molecular complexity index is 431. The van der Waals surface area contributed by atoms with Crippen molar-refractivity contribution in [2.75, 3.05) is 11.4 Å².